The van der Waals surface area contributed by atoms with Crippen LogP contribution in [0, 0.1) is 0 Å². The van der Waals surface area contributed by atoms with Crippen molar-refractivity contribution < 1.29 is 19.1 Å². The fraction of sp³-hybridized carbons (Fsp3) is 0.500. The summed E-state index contributed by atoms with van der Waals surface area (Å²) in [6.45, 7) is -0.145. The Morgan fingerprint density at radius 1 is 1.24 bits per heavy atom. The summed E-state index contributed by atoms with van der Waals surface area (Å²) < 4.78 is 4.76. The number of ether oxygens (including phenoxy) is 1. The average molecular weight is 362 g/mol. The first kappa shape index (κ1) is 17.8. The Labute approximate surface area is 151 Å². The van der Waals surface area contributed by atoms with Crippen LogP contribution in [0.5, 0.6) is 0 Å². The van der Waals surface area contributed by atoms with Gasteiger partial charge in [-0.25, -0.2) is 9.69 Å². The highest BCUT2D eigenvalue weighted by atomic mass is 32.2. The first-order chi connectivity index (χ1) is 12.1. The van der Waals surface area contributed by atoms with Gasteiger partial charge in [0.25, 0.3) is 5.91 Å². The molecule has 3 rings (SSSR count). The number of nitrogens with one attached hydrogen (secondary N) is 1. The third kappa shape index (κ3) is 4.75. The van der Waals surface area contributed by atoms with Crippen LogP contribution in [0.3, 0.4) is 0 Å². The van der Waals surface area contributed by atoms with Crippen molar-refractivity contribution in [2.75, 3.05) is 18.9 Å². The summed E-state index contributed by atoms with van der Waals surface area (Å²) in [6.07, 6.45) is 4.18. The second-order valence-corrected chi connectivity index (χ2v) is 7.60. The van der Waals surface area contributed by atoms with Gasteiger partial charge in [-0.3, -0.25) is 9.59 Å². The van der Waals surface area contributed by atoms with Crippen LogP contribution in [0.4, 0.5) is 4.79 Å². The number of carbonyl (C=O) groups excluding carboxylic acids is 3. The van der Waals surface area contributed by atoms with E-state index in [0.29, 0.717) is 11.0 Å². The number of benzene rings is 1. The summed E-state index contributed by atoms with van der Waals surface area (Å²) in [5, 5.41) is 3.53. The van der Waals surface area contributed by atoms with Crippen LogP contribution in [0.15, 0.2) is 30.3 Å². The number of cyclic esters (lactones) is 1. The molecule has 1 aromatic carbocycles. The number of amides is 3. The van der Waals surface area contributed by atoms with Gasteiger partial charge in [0.15, 0.2) is 6.61 Å². The highest BCUT2D eigenvalue weighted by Crippen LogP contribution is 2.29. The predicted octanol–water partition coefficient (Wildman–Crippen LogP) is 2.50. The number of thioether (sulfide) groups is 1. The molecular formula is C18H22N2O4S. The van der Waals surface area contributed by atoms with E-state index in [2.05, 4.69) is 5.32 Å². The molecule has 2 fully saturated rings. The molecule has 1 saturated carbocycles. The standard InChI is InChI=1S/C18H22N2O4S/c21-16(12-25-14-8-4-5-9-14)19-15(13-6-2-1-3-7-13)10-20-17(22)11-24-18(20)23/h1-3,6-7,14-15H,4-5,8-12H2,(H,19,21)/t15-/m1/s1. The monoisotopic (exact) mass is 362 g/mol. The summed E-state index contributed by atoms with van der Waals surface area (Å²) in [6, 6.07) is 8.93. The molecule has 6 nitrogen and oxygen atoms in total. The zero-order valence-corrected chi connectivity index (χ0v) is 14.8. The Kier molecular flexibility index (Phi) is 5.96. The molecule has 1 aromatic rings. The van der Waals surface area contributed by atoms with Gasteiger partial charge in [-0.15, -0.1) is 11.8 Å². The predicted molar refractivity (Wildman–Crippen MR) is 95.1 cm³/mol. The minimum Gasteiger partial charge on any atom is -0.439 e. The van der Waals surface area contributed by atoms with E-state index in [1.807, 2.05) is 30.3 Å². The lowest BCUT2D eigenvalue weighted by Gasteiger charge is -2.23. The van der Waals surface area contributed by atoms with Crippen LogP contribution >= 0.6 is 11.8 Å². The molecule has 0 unspecified atom stereocenters. The SMILES string of the molecule is O=C(CSC1CCCC1)N[C@H](CN1C(=O)COC1=O)c1ccccc1. The van der Waals surface area contributed by atoms with E-state index in [1.54, 1.807) is 11.8 Å². The maximum Gasteiger partial charge on any atom is 0.417 e. The summed E-state index contributed by atoms with van der Waals surface area (Å²) in [5.41, 5.74) is 0.856. The van der Waals surface area contributed by atoms with E-state index in [9.17, 15) is 14.4 Å². The van der Waals surface area contributed by atoms with Gasteiger partial charge >= 0.3 is 6.09 Å². The quantitative estimate of drug-likeness (QED) is 0.806. The molecular weight excluding hydrogens is 340 g/mol. The molecule has 1 saturated heterocycles. The molecule has 134 valence electrons. The zero-order valence-electron chi connectivity index (χ0n) is 14.0. The average Bonchev–Trinajstić information content (AvgIpc) is 3.25. The lowest BCUT2D eigenvalue weighted by molar-refractivity contribution is -0.127. The largest absolute Gasteiger partial charge is 0.439 e. The summed E-state index contributed by atoms with van der Waals surface area (Å²) in [5.74, 6) is -0.0573. The van der Waals surface area contributed by atoms with E-state index in [1.165, 1.54) is 25.7 Å². The van der Waals surface area contributed by atoms with Gasteiger partial charge in [0.2, 0.25) is 5.91 Å². The number of hydrogen-bond acceptors (Lipinski definition) is 5. The van der Waals surface area contributed by atoms with E-state index in [4.69, 9.17) is 4.74 Å². The lowest BCUT2D eigenvalue weighted by Crippen LogP contribution is -2.41. The van der Waals surface area contributed by atoms with Crippen molar-refractivity contribution in [1.29, 1.82) is 0 Å². The molecule has 0 spiro atoms. The van der Waals surface area contributed by atoms with Crippen molar-refractivity contribution in [3.05, 3.63) is 35.9 Å². The van der Waals surface area contributed by atoms with E-state index < -0.39 is 12.1 Å². The maximum atomic E-state index is 12.4. The van der Waals surface area contributed by atoms with Gasteiger partial charge < -0.3 is 10.1 Å². The van der Waals surface area contributed by atoms with Gasteiger partial charge in [-0.1, -0.05) is 43.2 Å². The molecule has 1 aliphatic carbocycles. The molecule has 0 radical (unpaired) electrons. The first-order valence-electron chi connectivity index (χ1n) is 8.56. The third-order valence-corrected chi connectivity index (χ3v) is 5.87. The second kappa shape index (κ2) is 8.38. The fourth-order valence-electron chi connectivity index (χ4n) is 3.14. The molecule has 1 heterocycles. The van der Waals surface area contributed by atoms with Crippen molar-refractivity contribution in [2.45, 2.75) is 37.0 Å². The molecule has 1 N–H and O–H groups in total. The van der Waals surface area contributed by atoms with Crippen molar-refractivity contribution in [3.63, 3.8) is 0 Å². The first-order valence-corrected chi connectivity index (χ1v) is 9.61. The summed E-state index contributed by atoms with van der Waals surface area (Å²) in [7, 11) is 0. The minimum atomic E-state index is -0.652. The normalized spacial score (nSPS) is 19.1. The Morgan fingerprint density at radius 2 is 1.96 bits per heavy atom. The van der Waals surface area contributed by atoms with Crippen molar-refractivity contribution in [3.8, 4) is 0 Å². The highest BCUT2D eigenvalue weighted by molar-refractivity contribution is 8.00. The molecule has 0 aromatic heterocycles. The van der Waals surface area contributed by atoms with Crippen LogP contribution in [-0.2, 0) is 14.3 Å². The summed E-state index contributed by atoms with van der Waals surface area (Å²) in [4.78, 5) is 36.9. The Bertz CT molecular complexity index is 615. The van der Waals surface area contributed by atoms with Crippen molar-refractivity contribution >= 4 is 29.7 Å². The van der Waals surface area contributed by atoms with Gasteiger partial charge in [0.1, 0.15) is 0 Å². The summed E-state index contributed by atoms with van der Waals surface area (Å²) >= 11 is 1.69. The number of hydrogen-bond donors (Lipinski definition) is 1. The van der Waals surface area contributed by atoms with Crippen molar-refractivity contribution in [2.24, 2.45) is 0 Å². The molecule has 2 aliphatic rings. The Hall–Kier alpha value is -2.02. The highest BCUT2D eigenvalue weighted by Gasteiger charge is 2.33. The number of rotatable bonds is 7. The number of nitrogens with zero attached hydrogens (tertiary/aromatic N) is 1. The van der Waals surface area contributed by atoms with Crippen LogP contribution in [0.25, 0.3) is 0 Å². The van der Waals surface area contributed by atoms with Crippen LogP contribution in [-0.4, -0.2) is 47.0 Å². The van der Waals surface area contributed by atoms with Crippen molar-refractivity contribution in [1.82, 2.24) is 10.2 Å². The Balaban J connectivity index is 1.62. The lowest BCUT2D eigenvalue weighted by atomic mass is 10.1. The zero-order chi connectivity index (χ0) is 17.6. The third-order valence-electron chi connectivity index (χ3n) is 4.50. The fourth-order valence-corrected chi connectivity index (χ4v) is 4.28. The van der Waals surface area contributed by atoms with Crippen LogP contribution in [0.2, 0.25) is 0 Å². The molecule has 1 atom stereocenters. The van der Waals surface area contributed by atoms with Gasteiger partial charge in [-0.05, 0) is 18.4 Å². The number of carbonyl (C=O) groups is 3. The van der Waals surface area contributed by atoms with E-state index in [0.717, 1.165) is 10.5 Å². The molecule has 1 aliphatic heterocycles. The van der Waals surface area contributed by atoms with E-state index >= 15 is 0 Å². The van der Waals surface area contributed by atoms with Gasteiger partial charge in [0.05, 0.1) is 18.3 Å². The van der Waals surface area contributed by atoms with Crippen LogP contribution in [0.1, 0.15) is 37.3 Å². The minimum absolute atomic E-state index is 0.0780. The Morgan fingerprint density at radius 3 is 2.60 bits per heavy atom. The smallest absolute Gasteiger partial charge is 0.417 e. The second-order valence-electron chi connectivity index (χ2n) is 6.31. The molecule has 25 heavy (non-hydrogen) atoms. The molecule has 3 amide bonds. The molecule has 7 heteroatoms. The number of imide groups is 1. The maximum absolute atomic E-state index is 12.4. The topological polar surface area (TPSA) is 75.7 Å². The van der Waals surface area contributed by atoms with E-state index in [-0.39, 0.29) is 25.0 Å². The van der Waals surface area contributed by atoms with Gasteiger partial charge in [0, 0.05) is 5.25 Å². The van der Waals surface area contributed by atoms with Gasteiger partial charge in [-0.2, -0.15) is 0 Å². The molecule has 0 bridgehead atoms. The van der Waals surface area contributed by atoms with Crippen LogP contribution < -0.4 is 5.32 Å².